The molecule has 0 aliphatic carbocycles. The molecule has 2 fully saturated rings. The first-order chi connectivity index (χ1) is 6.62. The van der Waals surface area contributed by atoms with E-state index in [1.54, 1.807) is 0 Å². The number of hydrogen-bond donors (Lipinski definition) is 1. The number of nitrogens with one attached hydrogen (secondary N) is 1. The van der Waals surface area contributed by atoms with Gasteiger partial charge in [-0.1, -0.05) is 0 Å². The van der Waals surface area contributed by atoms with Gasteiger partial charge in [-0.3, -0.25) is 0 Å². The molecule has 0 amide bonds. The van der Waals surface area contributed by atoms with E-state index in [1.807, 2.05) is 0 Å². The molecule has 14 heavy (non-hydrogen) atoms. The fourth-order valence-corrected chi connectivity index (χ4v) is 3.67. The third kappa shape index (κ3) is 1.95. The van der Waals surface area contributed by atoms with E-state index in [-0.39, 0.29) is 0 Å². The Hall–Kier alpha value is 0.270. The Morgan fingerprint density at radius 3 is 2.79 bits per heavy atom. The SMILES string of the molecule is CC1NCC(C2(C)CCCS2)OC1C. The van der Waals surface area contributed by atoms with Gasteiger partial charge in [0.2, 0.25) is 0 Å². The van der Waals surface area contributed by atoms with Crippen molar-refractivity contribution in [1.82, 2.24) is 5.32 Å². The summed E-state index contributed by atoms with van der Waals surface area (Å²) in [4.78, 5) is 0. The van der Waals surface area contributed by atoms with Gasteiger partial charge in [0.1, 0.15) is 0 Å². The third-order valence-corrected chi connectivity index (χ3v) is 5.26. The molecule has 2 aliphatic rings. The Morgan fingerprint density at radius 2 is 2.21 bits per heavy atom. The van der Waals surface area contributed by atoms with Gasteiger partial charge in [-0.2, -0.15) is 11.8 Å². The van der Waals surface area contributed by atoms with Gasteiger partial charge in [0.05, 0.1) is 12.2 Å². The highest BCUT2D eigenvalue weighted by Gasteiger charge is 2.41. The molecule has 0 aromatic carbocycles. The van der Waals surface area contributed by atoms with Crippen molar-refractivity contribution in [1.29, 1.82) is 0 Å². The van der Waals surface area contributed by atoms with Crippen molar-refractivity contribution < 1.29 is 4.74 Å². The summed E-state index contributed by atoms with van der Waals surface area (Å²) in [5.41, 5.74) is 0. The monoisotopic (exact) mass is 215 g/mol. The molecule has 4 atom stereocenters. The van der Waals surface area contributed by atoms with Crippen LogP contribution in [0.1, 0.15) is 33.6 Å². The van der Waals surface area contributed by atoms with Gasteiger partial charge in [-0.15, -0.1) is 0 Å². The molecule has 0 aromatic rings. The Morgan fingerprint density at radius 1 is 1.43 bits per heavy atom. The summed E-state index contributed by atoms with van der Waals surface area (Å²) in [7, 11) is 0. The van der Waals surface area contributed by atoms with Crippen LogP contribution in [0.4, 0.5) is 0 Å². The van der Waals surface area contributed by atoms with Crippen LogP contribution < -0.4 is 5.32 Å². The van der Waals surface area contributed by atoms with Crippen LogP contribution in [0.2, 0.25) is 0 Å². The quantitative estimate of drug-likeness (QED) is 0.723. The maximum absolute atomic E-state index is 6.10. The van der Waals surface area contributed by atoms with E-state index in [0.29, 0.717) is 23.0 Å². The Labute approximate surface area is 91.2 Å². The molecule has 2 nitrogen and oxygen atoms in total. The molecule has 82 valence electrons. The van der Waals surface area contributed by atoms with Crippen LogP contribution in [0.15, 0.2) is 0 Å². The molecule has 0 bridgehead atoms. The van der Waals surface area contributed by atoms with Crippen LogP contribution in [0.3, 0.4) is 0 Å². The Balaban J connectivity index is 1.98. The molecular formula is C11H21NOS. The van der Waals surface area contributed by atoms with Crippen molar-refractivity contribution in [2.45, 2.75) is 56.6 Å². The zero-order chi connectivity index (χ0) is 10.2. The van der Waals surface area contributed by atoms with Crippen LogP contribution in [-0.2, 0) is 4.74 Å². The van der Waals surface area contributed by atoms with Gasteiger partial charge in [0.15, 0.2) is 0 Å². The van der Waals surface area contributed by atoms with Crippen LogP contribution >= 0.6 is 11.8 Å². The number of hydrogen-bond acceptors (Lipinski definition) is 3. The van der Waals surface area contributed by atoms with Crippen molar-refractivity contribution in [2.75, 3.05) is 12.3 Å². The number of rotatable bonds is 1. The van der Waals surface area contributed by atoms with Crippen LogP contribution in [0, 0.1) is 0 Å². The molecule has 3 heteroatoms. The smallest absolute Gasteiger partial charge is 0.0847 e. The van der Waals surface area contributed by atoms with E-state index in [0.717, 1.165) is 6.54 Å². The fraction of sp³-hybridized carbons (Fsp3) is 1.00. The average Bonchev–Trinajstić information content (AvgIpc) is 2.58. The molecule has 2 saturated heterocycles. The third-order valence-electron chi connectivity index (χ3n) is 3.64. The van der Waals surface area contributed by atoms with Crippen molar-refractivity contribution in [3.8, 4) is 0 Å². The largest absolute Gasteiger partial charge is 0.371 e. The van der Waals surface area contributed by atoms with E-state index < -0.39 is 0 Å². The lowest BCUT2D eigenvalue weighted by molar-refractivity contribution is -0.0643. The second-order valence-electron chi connectivity index (χ2n) is 4.79. The molecule has 0 spiro atoms. The molecule has 1 N–H and O–H groups in total. The van der Waals surface area contributed by atoms with Gasteiger partial charge in [0, 0.05) is 17.3 Å². The highest BCUT2D eigenvalue weighted by molar-refractivity contribution is 8.00. The second kappa shape index (κ2) is 4.03. The fourth-order valence-electron chi connectivity index (χ4n) is 2.30. The lowest BCUT2D eigenvalue weighted by Crippen LogP contribution is -2.55. The van der Waals surface area contributed by atoms with Crippen LogP contribution in [0.25, 0.3) is 0 Å². The highest BCUT2D eigenvalue weighted by Crippen LogP contribution is 2.42. The van der Waals surface area contributed by atoms with Gasteiger partial charge in [-0.25, -0.2) is 0 Å². The molecule has 4 unspecified atom stereocenters. The average molecular weight is 215 g/mol. The summed E-state index contributed by atoms with van der Waals surface area (Å²) in [5, 5.41) is 3.55. The van der Waals surface area contributed by atoms with Gasteiger partial charge in [-0.05, 0) is 39.4 Å². The summed E-state index contributed by atoms with van der Waals surface area (Å²) in [5.74, 6) is 1.31. The Kier molecular flexibility index (Phi) is 3.10. The zero-order valence-corrected chi connectivity index (χ0v) is 10.2. The van der Waals surface area contributed by atoms with Crippen molar-refractivity contribution in [3.05, 3.63) is 0 Å². The molecule has 2 aliphatic heterocycles. The predicted octanol–water partition coefficient (Wildman–Crippen LogP) is 2.04. The molecule has 0 aromatic heterocycles. The predicted molar refractivity (Wildman–Crippen MR) is 61.9 cm³/mol. The zero-order valence-electron chi connectivity index (χ0n) is 9.38. The Bertz CT molecular complexity index is 203. The number of morpholine rings is 1. The van der Waals surface area contributed by atoms with Crippen LogP contribution in [0.5, 0.6) is 0 Å². The van der Waals surface area contributed by atoms with E-state index in [4.69, 9.17) is 4.74 Å². The first-order valence-electron chi connectivity index (χ1n) is 5.64. The number of thioether (sulfide) groups is 1. The maximum atomic E-state index is 6.10. The summed E-state index contributed by atoms with van der Waals surface area (Å²) in [6, 6.07) is 0.501. The van der Waals surface area contributed by atoms with Crippen LogP contribution in [-0.4, -0.2) is 35.3 Å². The summed E-state index contributed by atoms with van der Waals surface area (Å²) < 4.78 is 6.46. The molecule has 0 radical (unpaired) electrons. The maximum Gasteiger partial charge on any atom is 0.0847 e. The van der Waals surface area contributed by atoms with Gasteiger partial charge < -0.3 is 10.1 Å². The highest BCUT2D eigenvalue weighted by atomic mass is 32.2. The first-order valence-corrected chi connectivity index (χ1v) is 6.63. The van der Waals surface area contributed by atoms with Crippen molar-refractivity contribution >= 4 is 11.8 Å². The van der Waals surface area contributed by atoms with E-state index >= 15 is 0 Å². The minimum atomic E-state index is 0.353. The molecule has 2 rings (SSSR count). The van der Waals surface area contributed by atoms with Gasteiger partial charge in [0.25, 0.3) is 0 Å². The topological polar surface area (TPSA) is 21.3 Å². The summed E-state index contributed by atoms with van der Waals surface area (Å²) in [6.45, 7) is 7.76. The molecule has 2 heterocycles. The second-order valence-corrected chi connectivity index (χ2v) is 6.42. The van der Waals surface area contributed by atoms with Gasteiger partial charge >= 0.3 is 0 Å². The molecular weight excluding hydrogens is 194 g/mol. The lowest BCUT2D eigenvalue weighted by Gasteiger charge is -2.41. The first kappa shape index (κ1) is 10.8. The van der Waals surface area contributed by atoms with Crippen molar-refractivity contribution in [2.24, 2.45) is 0 Å². The minimum Gasteiger partial charge on any atom is -0.371 e. The number of ether oxygens (including phenoxy) is 1. The summed E-state index contributed by atoms with van der Waals surface area (Å²) >= 11 is 2.09. The minimum absolute atomic E-state index is 0.353. The normalized spacial score (nSPS) is 49.5. The summed E-state index contributed by atoms with van der Waals surface area (Å²) in [6.07, 6.45) is 3.42. The lowest BCUT2D eigenvalue weighted by atomic mass is 9.96. The standard InChI is InChI=1S/C11H21NOS/c1-8-9(2)13-10(7-12-8)11(3)5-4-6-14-11/h8-10,12H,4-7H2,1-3H3. The molecule has 0 saturated carbocycles. The van der Waals surface area contributed by atoms with Crippen molar-refractivity contribution in [3.63, 3.8) is 0 Å². The van der Waals surface area contributed by atoms with E-state index in [1.165, 1.54) is 18.6 Å². The van der Waals surface area contributed by atoms with E-state index in [2.05, 4.69) is 37.8 Å². The van der Waals surface area contributed by atoms with E-state index in [9.17, 15) is 0 Å².